The molecule has 0 bridgehead atoms. The second-order valence-corrected chi connectivity index (χ2v) is 5.76. The van der Waals surface area contributed by atoms with Gasteiger partial charge in [-0.2, -0.15) is 0 Å². The van der Waals surface area contributed by atoms with Crippen LogP contribution in [0.2, 0.25) is 5.02 Å². The van der Waals surface area contributed by atoms with Gasteiger partial charge in [-0.25, -0.2) is 0 Å². The zero-order valence-corrected chi connectivity index (χ0v) is 12.8. The second-order valence-electron chi connectivity index (χ2n) is 5.32. The highest BCUT2D eigenvalue weighted by Gasteiger charge is 2.27. The molecule has 0 saturated heterocycles. The molecule has 0 spiro atoms. The zero-order valence-electron chi connectivity index (χ0n) is 12.0. The van der Waals surface area contributed by atoms with E-state index in [1.54, 1.807) is 7.11 Å². The van der Waals surface area contributed by atoms with Crippen molar-refractivity contribution in [3.63, 3.8) is 0 Å². The van der Waals surface area contributed by atoms with Crippen LogP contribution in [-0.4, -0.2) is 19.6 Å². The molecule has 0 heterocycles. The van der Waals surface area contributed by atoms with Crippen LogP contribution in [0.25, 0.3) is 0 Å². The monoisotopic (exact) mass is 283 g/mol. The third kappa shape index (κ3) is 4.84. The molecule has 1 aromatic rings. The summed E-state index contributed by atoms with van der Waals surface area (Å²) in [5.74, 6) is 0.389. The predicted molar refractivity (Wildman–Crippen MR) is 78.3 cm³/mol. The van der Waals surface area contributed by atoms with Crippen LogP contribution in [-0.2, 0) is 15.1 Å². The number of ether oxygens (including phenoxy) is 1. The Labute approximate surface area is 120 Å². The van der Waals surface area contributed by atoms with Crippen LogP contribution in [0.15, 0.2) is 24.3 Å². The van der Waals surface area contributed by atoms with E-state index in [1.165, 1.54) is 0 Å². The summed E-state index contributed by atoms with van der Waals surface area (Å²) in [6.07, 6.45) is 0.523. The van der Waals surface area contributed by atoms with Crippen molar-refractivity contribution in [2.45, 2.75) is 32.8 Å². The molecule has 1 rings (SSSR count). The maximum Gasteiger partial charge on any atom is 0.220 e. The molecule has 1 amide bonds. The number of hydrogen-bond acceptors (Lipinski definition) is 2. The topological polar surface area (TPSA) is 38.3 Å². The van der Waals surface area contributed by atoms with Gasteiger partial charge in [0.2, 0.25) is 5.91 Å². The highest BCUT2D eigenvalue weighted by atomic mass is 35.5. The third-order valence-electron chi connectivity index (χ3n) is 3.10. The van der Waals surface area contributed by atoms with Crippen LogP contribution >= 0.6 is 11.6 Å². The fourth-order valence-corrected chi connectivity index (χ4v) is 2.01. The van der Waals surface area contributed by atoms with E-state index in [0.29, 0.717) is 23.9 Å². The van der Waals surface area contributed by atoms with Gasteiger partial charge in [-0.3, -0.25) is 4.79 Å². The highest BCUT2D eigenvalue weighted by molar-refractivity contribution is 6.30. The molecule has 0 radical (unpaired) electrons. The van der Waals surface area contributed by atoms with Crippen LogP contribution < -0.4 is 5.32 Å². The molecule has 0 aliphatic rings. The smallest absolute Gasteiger partial charge is 0.220 e. The Kier molecular flexibility index (Phi) is 5.83. The standard InChI is InChI=1S/C15H22ClNO2/c1-11(2)8-14(18)17-10-15(3,19-4)12-6-5-7-13(16)9-12/h5-7,9,11H,8,10H2,1-4H3,(H,17,18). The number of nitrogens with one attached hydrogen (secondary N) is 1. The zero-order chi connectivity index (χ0) is 14.5. The molecule has 19 heavy (non-hydrogen) atoms. The summed E-state index contributed by atoms with van der Waals surface area (Å²) in [6.45, 7) is 6.40. The minimum absolute atomic E-state index is 0.0419. The molecule has 1 N–H and O–H groups in total. The quantitative estimate of drug-likeness (QED) is 0.869. The number of carbonyl (C=O) groups is 1. The van der Waals surface area contributed by atoms with Crippen molar-refractivity contribution < 1.29 is 9.53 Å². The Balaban J connectivity index is 2.73. The van der Waals surface area contributed by atoms with Crippen molar-refractivity contribution in [1.82, 2.24) is 5.32 Å². The summed E-state index contributed by atoms with van der Waals surface area (Å²) >= 11 is 6.00. The summed E-state index contributed by atoms with van der Waals surface area (Å²) in [5.41, 5.74) is 0.379. The van der Waals surface area contributed by atoms with Crippen molar-refractivity contribution in [2.24, 2.45) is 5.92 Å². The van der Waals surface area contributed by atoms with Crippen LogP contribution in [0.1, 0.15) is 32.8 Å². The molecule has 0 aromatic heterocycles. The van der Waals surface area contributed by atoms with E-state index >= 15 is 0 Å². The minimum Gasteiger partial charge on any atom is -0.372 e. The summed E-state index contributed by atoms with van der Waals surface area (Å²) in [7, 11) is 1.63. The van der Waals surface area contributed by atoms with E-state index < -0.39 is 5.60 Å². The number of carbonyl (C=O) groups excluding carboxylic acids is 1. The Morgan fingerprint density at radius 3 is 2.68 bits per heavy atom. The van der Waals surface area contributed by atoms with Crippen molar-refractivity contribution in [2.75, 3.05) is 13.7 Å². The average molecular weight is 284 g/mol. The van der Waals surface area contributed by atoms with Gasteiger partial charge in [-0.15, -0.1) is 0 Å². The normalized spacial score (nSPS) is 14.2. The molecule has 3 nitrogen and oxygen atoms in total. The lowest BCUT2D eigenvalue weighted by Gasteiger charge is -2.29. The van der Waals surface area contributed by atoms with Crippen LogP contribution in [0.5, 0.6) is 0 Å². The summed E-state index contributed by atoms with van der Waals surface area (Å²) in [4.78, 5) is 11.7. The molecule has 0 fully saturated rings. The van der Waals surface area contributed by atoms with Gasteiger partial charge in [-0.1, -0.05) is 37.6 Å². The van der Waals surface area contributed by atoms with Gasteiger partial charge >= 0.3 is 0 Å². The van der Waals surface area contributed by atoms with E-state index in [-0.39, 0.29) is 5.91 Å². The van der Waals surface area contributed by atoms with E-state index in [4.69, 9.17) is 16.3 Å². The third-order valence-corrected chi connectivity index (χ3v) is 3.34. The molecular formula is C15H22ClNO2. The first kappa shape index (κ1) is 16.0. The molecule has 1 aromatic carbocycles. The Morgan fingerprint density at radius 2 is 2.16 bits per heavy atom. The number of methoxy groups -OCH3 is 1. The molecule has 0 aliphatic carbocycles. The lowest BCUT2D eigenvalue weighted by atomic mass is 9.95. The Morgan fingerprint density at radius 1 is 1.47 bits per heavy atom. The van der Waals surface area contributed by atoms with Crippen molar-refractivity contribution in [3.05, 3.63) is 34.9 Å². The Bertz CT molecular complexity index is 434. The lowest BCUT2D eigenvalue weighted by Crippen LogP contribution is -2.40. The van der Waals surface area contributed by atoms with E-state index in [2.05, 4.69) is 5.32 Å². The van der Waals surface area contributed by atoms with Gasteiger partial charge in [0.15, 0.2) is 0 Å². The first-order chi connectivity index (χ1) is 8.87. The van der Waals surface area contributed by atoms with E-state index in [1.807, 2.05) is 45.0 Å². The molecule has 0 saturated carbocycles. The van der Waals surface area contributed by atoms with Gasteiger partial charge in [0, 0.05) is 18.6 Å². The fourth-order valence-electron chi connectivity index (χ4n) is 1.82. The summed E-state index contributed by atoms with van der Waals surface area (Å²) in [5, 5.41) is 3.58. The van der Waals surface area contributed by atoms with Gasteiger partial charge in [0.1, 0.15) is 5.60 Å². The number of hydrogen-bond donors (Lipinski definition) is 1. The Hall–Kier alpha value is -1.06. The first-order valence-electron chi connectivity index (χ1n) is 6.45. The van der Waals surface area contributed by atoms with Crippen LogP contribution in [0.4, 0.5) is 0 Å². The van der Waals surface area contributed by atoms with Gasteiger partial charge in [0.25, 0.3) is 0 Å². The van der Waals surface area contributed by atoms with Crippen molar-refractivity contribution in [1.29, 1.82) is 0 Å². The van der Waals surface area contributed by atoms with Gasteiger partial charge in [0.05, 0.1) is 6.54 Å². The maximum absolute atomic E-state index is 11.7. The number of rotatable bonds is 6. The fraction of sp³-hybridized carbons (Fsp3) is 0.533. The molecule has 1 unspecified atom stereocenters. The number of benzene rings is 1. The summed E-state index contributed by atoms with van der Waals surface area (Å²) in [6, 6.07) is 7.51. The number of halogens is 1. The summed E-state index contributed by atoms with van der Waals surface area (Å²) < 4.78 is 5.56. The largest absolute Gasteiger partial charge is 0.372 e. The number of amides is 1. The van der Waals surface area contributed by atoms with Gasteiger partial charge in [-0.05, 0) is 30.5 Å². The van der Waals surface area contributed by atoms with Crippen LogP contribution in [0, 0.1) is 5.92 Å². The second kappa shape index (κ2) is 6.92. The maximum atomic E-state index is 11.7. The van der Waals surface area contributed by atoms with E-state index in [9.17, 15) is 4.79 Å². The van der Waals surface area contributed by atoms with Crippen molar-refractivity contribution >= 4 is 17.5 Å². The molecule has 106 valence electrons. The first-order valence-corrected chi connectivity index (χ1v) is 6.83. The predicted octanol–water partition coefficient (Wildman–Crippen LogP) is 3.36. The van der Waals surface area contributed by atoms with Crippen molar-refractivity contribution in [3.8, 4) is 0 Å². The van der Waals surface area contributed by atoms with E-state index in [0.717, 1.165) is 5.56 Å². The SMILES string of the molecule is COC(C)(CNC(=O)CC(C)C)c1cccc(Cl)c1. The lowest BCUT2D eigenvalue weighted by molar-refractivity contribution is -0.123. The molecule has 0 aliphatic heterocycles. The highest BCUT2D eigenvalue weighted by Crippen LogP contribution is 2.26. The van der Waals surface area contributed by atoms with Crippen LogP contribution in [0.3, 0.4) is 0 Å². The molecular weight excluding hydrogens is 262 g/mol. The minimum atomic E-state index is -0.572. The molecule has 4 heteroatoms. The van der Waals surface area contributed by atoms with Gasteiger partial charge < -0.3 is 10.1 Å². The molecule has 1 atom stereocenters. The average Bonchev–Trinajstić information content (AvgIpc) is 2.35.